The summed E-state index contributed by atoms with van der Waals surface area (Å²) in [6, 6.07) is 8.53. The van der Waals surface area contributed by atoms with Crippen molar-refractivity contribution in [2.75, 3.05) is 5.73 Å². The van der Waals surface area contributed by atoms with Crippen LogP contribution in [0.3, 0.4) is 0 Å². The molecular formula is C17H13FN4OS. The Morgan fingerprint density at radius 2 is 2.12 bits per heavy atom. The van der Waals surface area contributed by atoms with E-state index in [2.05, 4.69) is 15.0 Å². The number of hydrogen-bond donors (Lipinski definition) is 1. The van der Waals surface area contributed by atoms with E-state index in [0.717, 1.165) is 20.9 Å². The first-order valence-electron chi connectivity index (χ1n) is 7.32. The Hall–Kier alpha value is -2.80. The molecule has 7 heteroatoms. The van der Waals surface area contributed by atoms with Gasteiger partial charge in [0.1, 0.15) is 22.2 Å². The third kappa shape index (κ3) is 2.63. The van der Waals surface area contributed by atoms with E-state index in [1.54, 1.807) is 12.3 Å². The maximum absolute atomic E-state index is 13.8. The van der Waals surface area contributed by atoms with Crippen LogP contribution in [0.4, 0.5) is 10.2 Å². The molecule has 2 N–H and O–H groups in total. The van der Waals surface area contributed by atoms with Gasteiger partial charge in [-0.2, -0.15) is 0 Å². The predicted molar refractivity (Wildman–Crippen MR) is 91.3 cm³/mol. The van der Waals surface area contributed by atoms with E-state index in [0.29, 0.717) is 29.5 Å². The first-order valence-corrected chi connectivity index (χ1v) is 8.14. The van der Waals surface area contributed by atoms with Crippen LogP contribution in [0.2, 0.25) is 0 Å². The van der Waals surface area contributed by atoms with Crippen molar-refractivity contribution in [3.8, 4) is 11.6 Å². The first-order chi connectivity index (χ1) is 11.6. The molecule has 0 saturated heterocycles. The summed E-state index contributed by atoms with van der Waals surface area (Å²) in [6.07, 6.45) is 1.97. The summed E-state index contributed by atoms with van der Waals surface area (Å²) in [5.74, 6) is 1.87. The molecular weight excluding hydrogens is 327 g/mol. The minimum Gasteiger partial charge on any atom is -0.458 e. The van der Waals surface area contributed by atoms with Crippen molar-refractivity contribution in [3.63, 3.8) is 0 Å². The SMILES string of the molecule is Cc1ccc(-c2nc(N)c3cc(Cc4ncccc4F)sc3n2)o1. The number of rotatable bonds is 3. The summed E-state index contributed by atoms with van der Waals surface area (Å²) in [5, 5.41) is 0.762. The molecule has 0 radical (unpaired) electrons. The molecule has 4 aromatic heterocycles. The van der Waals surface area contributed by atoms with Crippen LogP contribution in [-0.2, 0) is 6.42 Å². The molecule has 0 aliphatic carbocycles. The van der Waals surface area contributed by atoms with E-state index < -0.39 is 0 Å². The number of halogens is 1. The Morgan fingerprint density at radius 3 is 2.88 bits per heavy atom. The summed E-state index contributed by atoms with van der Waals surface area (Å²) >= 11 is 1.45. The van der Waals surface area contributed by atoms with Crippen molar-refractivity contribution < 1.29 is 8.81 Å². The van der Waals surface area contributed by atoms with Gasteiger partial charge in [0.05, 0.1) is 11.1 Å². The molecule has 5 nitrogen and oxygen atoms in total. The largest absolute Gasteiger partial charge is 0.458 e. The van der Waals surface area contributed by atoms with Crippen LogP contribution in [-0.4, -0.2) is 15.0 Å². The van der Waals surface area contributed by atoms with Crippen molar-refractivity contribution >= 4 is 27.4 Å². The molecule has 0 amide bonds. The molecule has 0 fully saturated rings. The molecule has 0 aromatic carbocycles. The number of anilines is 1. The summed E-state index contributed by atoms with van der Waals surface area (Å²) in [6.45, 7) is 1.86. The quantitative estimate of drug-likeness (QED) is 0.610. The van der Waals surface area contributed by atoms with E-state index in [1.165, 1.54) is 17.4 Å². The smallest absolute Gasteiger partial charge is 0.199 e. The lowest BCUT2D eigenvalue weighted by Gasteiger charge is -1.99. The zero-order valence-electron chi connectivity index (χ0n) is 12.8. The van der Waals surface area contributed by atoms with Gasteiger partial charge in [-0.1, -0.05) is 0 Å². The molecule has 120 valence electrons. The summed E-state index contributed by atoms with van der Waals surface area (Å²) < 4.78 is 19.3. The van der Waals surface area contributed by atoms with Gasteiger partial charge in [-0.3, -0.25) is 4.98 Å². The van der Waals surface area contributed by atoms with Gasteiger partial charge in [-0.05, 0) is 37.3 Å². The van der Waals surface area contributed by atoms with Crippen LogP contribution in [0.1, 0.15) is 16.3 Å². The molecule has 0 saturated carbocycles. The Balaban J connectivity index is 1.75. The number of aromatic nitrogens is 3. The lowest BCUT2D eigenvalue weighted by Crippen LogP contribution is -1.95. The number of nitrogens with zero attached hydrogens (tertiary/aromatic N) is 3. The number of nitrogen functional groups attached to an aromatic ring is 1. The highest BCUT2D eigenvalue weighted by atomic mass is 32.1. The van der Waals surface area contributed by atoms with Crippen molar-refractivity contribution in [3.05, 3.63) is 58.7 Å². The fraction of sp³-hybridized carbons (Fsp3) is 0.118. The molecule has 0 unspecified atom stereocenters. The van der Waals surface area contributed by atoms with Gasteiger partial charge in [0.2, 0.25) is 0 Å². The Bertz CT molecular complexity index is 1040. The van der Waals surface area contributed by atoms with Gasteiger partial charge < -0.3 is 10.2 Å². The topological polar surface area (TPSA) is 77.8 Å². The lowest BCUT2D eigenvalue weighted by molar-refractivity contribution is 0.544. The summed E-state index contributed by atoms with van der Waals surface area (Å²) in [5.41, 5.74) is 6.46. The average molecular weight is 340 g/mol. The predicted octanol–water partition coefficient (Wildman–Crippen LogP) is 3.97. The molecule has 0 aliphatic rings. The molecule has 0 aliphatic heterocycles. The highest BCUT2D eigenvalue weighted by Crippen LogP contribution is 2.31. The molecule has 4 rings (SSSR count). The Labute approximate surface area is 141 Å². The molecule has 0 atom stereocenters. The fourth-order valence-electron chi connectivity index (χ4n) is 2.46. The number of hydrogen-bond acceptors (Lipinski definition) is 6. The molecule has 0 spiro atoms. The van der Waals surface area contributed by atoms with Gasteiger partial charge in [0.25, 0.3) is 0 Å². The Morgan fingerprint density at radius 1 is 1.25 bits per heavy atom. The number of pyridine rings is 1. The van der Waals surface area contributed by atoms with Crippen LogP contribution in [0, 0.1) is 12.7 Å². The molecule has 4 aromatic rings. The van der Waals surface area contributed by atoms with Gasteiger partial charge in [0.15, 0.2) is 11.6 Å². The minimum absolute atomic E-state index is 0.319. The molecule has 0 bridgehead atoms. The second-order valence-corrected chi connectivity index (χ2v) is 6.50. The number of nitrogens with two attached hydrogens (primary N) is 1. The zero-order chi connectivity index (χ0) is 16.7. The third-order valence-electron chi connectivity index (χ3n) is 3.61. The highest BCUT2D eigenvalue weighted by molar-refractivity contribution is 7.18. The van der Waals surface area contributed by atoms with E-state index >= 15 is 0 Å². The zero-order valence-corrected chi connectivity index (χ0v) is 13.6. The van der Waals surface area contributed by atoms with Crippen molar-refractivity contribution in [2.24, 2.45) is 0 Å². The van der Waals surface area contributed by atoms with Gasteiger partial charge in [0, 0.05) is 17.5 Å². The number of aryl methyl sites for hydroxylation is 1. The van der Waals surface area contributed by atoms with E-state index in [4.69, 9.17) is 10.2 Å². The van der Waals surface area contributed by atoms with Crippen molar-refractivity contribution in [2.45, 2.75) is 13.3 Å². The average Bonchev–Trinajstić information content (AvgIpc) is 3.16. The summed E-state index contributed by atoms with van der Waals surface area (Å²) in [4.78, 5) is 14.6. The van der Waals surface area contributed by atoms with Crippen molar-refractivity contribution in [1.82, 2.24) is 15.0 Å². The normalized spacial score (nSPS) is 11.2. The van der Waals surface area contributed by atoms with Gasteiger partial charge in [-0.15, -0.1) is 11.3 Å². The van der Waals surface area contributed by atoms with Crippen LogP contribution in [0.25, 0.3) is 21.8 Å². The first kappa shape index (κ1) is 14.8. The van der Waals surface area contributed by atoms with E-state index in [9.17, 15) is 4.39 Å². The summed E-state index contributed by atoms with van der Waals surface area (Å²) in [7, 11) is 0. The van der Waals surface area contributed by atoms with Crippen molar-refractivity contribution in [1.29, 1.82) is 0 Å². The molecule has 4 heterocycles. The van der Waals surface area contributed by atoms with Gasteiger partial charge in [-0.25, -0.2) is 14.4 Å². The van der Waals surface area contributed by atoms with Crippen LogP contribution >= 0.6 is 11.3 Å². The minimum atomic E-state index is -0.319. The fourth-order valence-corrected chi connectivity index (χ4v) is 3.50. The number of thiophene rings is 1. The van der Waals surface area contributed by atoms with E-state index in [1.807, 2.05) is 25.1 Å². The number of fused-ring (bicyclic) bond motifs is 1. The lowest BCUT2D eigenvalue weighted by atomic mass is 10.2. The van der Waals surface area contributed by atoms with Crippen LogP contribution in [0.5, 0.6) is 0 Å². The third-order valence-corrected chi connectivity index (χ3v) is 4.64. The molecule has 24 heavy (non-hydrogen) atoms. The van der Waals surface area contributed by atoms with E-state index in [-0.39, 0.29) is 5.82 Å². The maximum Gasteiger partial charge on any atom is 0.199 e. The van der Waals surface area contributed by atoms with Crippen LogP contribution in [0.15, 0.2) is 40.9 Å². The monoisotopic (exact) mass is 340 g/mol. The van der Waals surface area contributed by atoms with Gasteiger partial charge >= 0.3 is 0 Å². The second-order valence-electron chi connectivity index (χ2n) is 5.38. The Kier molecular flexibility index (Phi) is 3.50. The highest BCUT2D eigenvalue weighted by Gasteiger charge is 2.14. The standard InChI is InChI=1S/C17H13FN4OS/c1-9-4-5-14(23-9)16-21-15(19)11-7-10(24-17(11)22-16)8-13-12(18)3-2-6-20-13/h2-7H,8H2,1H3,(H2,19,21,22). The maximum atomic E-state index is 13.8. The number of furan rings is 1. The van der Waals surface area contributed by atoms with Crippen LogP contribution < -0.4 is 5.73 Å². The second kappa shape index (κ2) is 5.68.